The van der Waals surface area contributed by atoms with Crippen molar-refractivity contribution in [1.82, 2.24) is 24.8 Å². The van der Waals surface area contributed by atoms with Crippen LogP contribution in [-0.4, -0.2) is 24.8 Å². The van der Waals surface area contributed by atoms with Crippen molar-refractivity contribution in [1.29, 1.82) is 0 Å². The molecule has 2 aromatic carbocycles. The van der Waals surface area contributed by atoms with Crippen LogP contribution >= 0.6 is 0 Å². The summed E-state index contributed by atoms with van der Waals surface area (Å²) in [5.41, 5.74) is 6.88. The van der Waals surface area contributed by atoms with Crippen molar-refractivity contribution >= 4 is 0 Å². The zero-order chi connectivity index (χ0) is 22.2. The fraction of sp³-hybridized carbons (Fsp3) is 0.280. The van der Waals surface area contributed by atoms with Crippen LogP contribution in [0.25, 0.3) is 16.9 Å². The van der Waals surface area contributed by atoms with Gasteiger partial charge in [-0.1, -0.05) is 18.2 Å². The number of hydrogen-bond acceptors (Lipinski definition) is 5. The van der Waals surface area contributed by atoms with Crippen LogP contribution < -0.4 is 10.4 Å². The Balaban J connectivity index is 1.47. The van der Waals surface area contributed by atoms with E-state index in [9.17, 15) is 4.79 Å². The van der Waals surface area contributed by atoms with Crippen molar-refractivity contribution in [3.63, 3.8) is 0 Å². The van der Waals surface area contributed by atoms with Gasteiger partial charge in [0.15, 0.2) is 0 Å². The maximum Gasteiger partial charge on any atom is 0.368 e. The molecule has 0 aliphatic heterocycles. The molecule has 4 aromatic rings. The zero-order valence-corrected chi connectivity index (χ0v) is 18.4. The van der Waals surface area contributed by atoms with E-state index in [0.717, 1.165) is 52.2 Å². The second-order valence-corrected chi connectivity index (χ2v) is 8.35. The summed E-state index contributed by atoms with van der Waals surface area (Å²) >= 11 is 0. The highest BCUT2D eigenvalue weighted by molar-refractivity contribution is 5.65. The Hall–Kier alpha value is -3.74. The molecule has 0 amide bonds. The summed E-state index contributed by atoms with van der Waals surface area (Å²) in [6, 6.07) is 16.1. The van der Waals surface area contributed by atoms with E-state index in [2.05, 4.69) is 40.5 Å². The van der Waals surface area contributed by atoms with Crippen LogP contribution in [0.4, 0.5) is 0 Å². The van der Waals surface area contributed by atoms with Gasteiger partial charge in [0, 0.05) is 24.4 Å². The highest BCUT2D eigenvalue weighted by Gasteiger charge is 2.28. The predicted octanol–water partition coefficient (Wildman–Crippen LogP) is 4.10. The number of benzene rings is 2. The quantitative estimate of drug-likeness (QED) is 0.463. The number of hydrogen-bond donors (Lipinski definition) is 0. The molecule has 0 atom stereocenters. The van der Waals surface area contributed by atoms with Crippen LogP contribution in [0.3, 0.4) is 0 Å². The number of tetrazole rings is 1. The summed E-state index contributed by atoms with van der Waals surface area (Å²) in [6.45, 7) is 4.46. The number of aromatic nitrogens is 5. The second kappa shape index (κ2) is 8.07. The van der Waals surface area contributed by atoms with E-state index in [1.165, 1.54) is 14.9 Å². The van der Waals surface area contributed by atoms with E-state index < -0.39 is 0 Å². The van der Waals surface area contributed by atoms with Crippen molar-refractivity contribution in [2.75, 3.05) is 0 Å². The second-order valence-electron chi connectivity index (χ2n) is 8.35. The first-order valence-corrected chi connectivity index (χ1v) is 10.8. The molecule has 32 heavy (non-hydrogen) atoms. The fourth-order valence-corrected chi connectivity index (χ4v) is 4.09. The average molecular weight is 428 g/mol. The predicted molar refractivity (Wildman–Crippen MR) is 122 cm³/mol. The molecule has 0 unspecified atom stereocenters. The molecule has 0 saturated heterocycles. The number of pyridine rings is 1. The van der Waals surface area contributed by atoms with E-state index in [1.807, 2.05) is 43.5 Å². The fourth-order valence-electron chi connectivity index (χ4n) is 4.09. The van der Waals surface area contributed by atoms with Crippen molar-refractivity contribution in [3.05, 3.63) is 87.5 Å². The Morgan fingerprint density at radius 2 is 1.88 bits per heavy atom. The number of rotatable bonds is 6. The van der Waals surface area contributed by atoms with E-state index in [-0.39, 0.29) is 5.69 Å². The number of nitrogens with zero attached hydrogens (tertiary/aromatic N) is 5. The van der Waals surface area contributed by atoms with Gasteiger partial charge in [-0.25, -0.2) is 4.79 Å². The smallest absolute Gasteiger partial charge is 0.368 e. The van der Waals surface area contributed by atoms with Crippen molar-refractivity contribution < 1.29 is 4.74 Å². The first-order chi connectivity index (χ1) is 15.5. The number of aryl methyl sites for hydroxylation is 3. The first-order valence-electron chi connectivity index (χ1n) is 10.8. The van der Waals surface area contributed by atoms with E-state index >= 15 is 0 Å². The van der Waals surface area contributed by atoms with Gasteiger partial charge in [0.2, 0.25) is 0 Å². The van der Waals surface area contributed by atoms with E-state index in [0.29, 0.717) is 12.5 Å². The molecule has 7 heteroatoms. The monoisotopic (exact) mass is 427 g/mol. The van der Waals surface area contributed by atoms with Gasteiger partial charge in [-0.05, 0) is 90.1 Å². The van der Waals surface area contributed by atoms with Crippen LogP contribution in [0.5, 0.6) is 5.75 Å². The Kier molecular flexibility index (Phi) is 5.09. The third kappa shape index (κ3) is 3.70. The summed E-state index contributed by atoms with van der Waals surface area (Å²) in [4.78, 5) is 17.0. The minimum absolute atomic E-state index is 0.273. The van der Waals surface area contributed by atoms with Gasteiger partial charge in [0.05, 0.1) is 11.4 Å². The first kappa shape index (κ1) is 20.2. The molecule has 1 aliphatic rings. The van der Waals surface area contributed by atoms with Gasteiger partial charge < -0.3 is 4.74 Å². The largest absolute Gasteiger partial charge is 0.489 e. The molecule has 0 N–H and O–H groups in total. The summed E-state index contributed by atoms with van der Waals surface area (Å²) in [7, 11) is 1.60. The van der Waals surface area contributed by atoms with Crippen LogP contribution in [0.1, 0.15) is 41.0 Å². The molecule has 1 saturated carbocycles. The minimum Gasteiger partial charge on any atom is -0.489 e. The highest BCUT2D eigenvalue weighted by Crippen LogP contribution is 2.43. The molecule has 7 nitrogen and oxygen atoms in total. The van der Waals surface area contributed by atoms with Crippen molar-refractivity contribution in [2.24, 2.45) is 7.05 Å². The van der Waals surface area contributed by atoms with E-state index in [4.69, 9.17) is 4.74 Å². The Labute approximate surface area is 186 Å². The summed E-state index contributed by atoms with van der Waals surface area (Å²) in [6.07, 6.45) is 4.12. The summed E-state index contributed by atoms with van der Waals surface area (Å²) in [5, 5.41) is 7.92. The van der Waals surface area contributed by atoms with Crippen LogP contribution in [0, 0.1) is 13.8 Å². The highest BCUT2D eigenvalue weighted by atomic mass is 16.5. The van der Waals surface area contributed by atoms with Gasteiger partial charge in [-0.15, -0.1) is 0 Å². The maximum absolute atomic E-state index is 12.5. The van der Waals surface area contributed by atoms with Crippen LogP contribution in [0.15, 0.2) is 59.5 Å². The Bertz CT molecular complexity index is 1350. The van der Waals surface area contributed by atoms with Gasteiger partial charge >= 0.3 is 5.69 Å². The lowest BCUT2D eigenvalue weighted by atomic mass is 10.0. The van der Waals surface area contributed by atoms with Gasteiger partial charge in [-0.3, -0.25) is 4.98 Å². The zero-order valence-electron chi connectivity index (χ0n) is 18.4. The standard InChI is InChI=1S/C25H25N5O2/c1-16-6-5-13-26-24(16)19-11-12-23(17(2)14-19)32-15-21-20(18-9-10-18)7-4-8-22(21)30-25(31)29(3)27-28-30/h4-8,11-14,18H,9-10,15H2,1-3H3. The normalized spacial score (nSPS) is 13.3. The lowest BCUT2D eigenvalue weighted by Crippen LogP contribution is -2.23. The molecule has 2 aromatic heterocycles. The topological polar surface area (TPSA) is 74.8 Å². The Morgan fingerprint density at radius 3 is 2.56 bits per heavy atom. The third-order valence-corrected chi connectivity index (χ3v) is 5.98. The van der Waals surface area contributed by atoms with Gasteiger partial charge in [0.25, 0.3) is 0 Å². The molecule has 0 spiro atoms. The summed E-state index contributed by atoms with van der Waals surface area (Å²) < 4.78 is 8.87. The van der Waals surface area contributed by atoms with Gasteiger partial charge in [-0.2, -0.15) is 9.36 Å². The molecule has 1 aliphatic carbocycles. The summed E-state index contributed by atoms with van der Waals surface area (Å²) in [5.74, 6) is 1.32. The molecule has 1 fully saturated rings. The van der Waals surface area contributed by atoms with Crippen molar-refractivity contribution in [2.45, 2.75) is 39.2 Å². The average Bonchev–Trinajstić information content (AvgIpc) is 3.59. The van der Waals surface area contributed by atoms with Gasteiger partial charge in [0.1, 0.15) is 12.4 Å². The molecule has 5 rings (SSSR count). The molecule has 2 heterocycles. The van der Waals surface area contributed by atoms with Crippen molar-refractivity contribution in [3.8, 4) is 22.7 Å². The maximum atomic E-state index is 12.5. The SMILES string of the molecule is Cc1cc(-c2ncccc2C)ccc1OCc1c(C2CC2)cccc1-n1nnn(C)c1=O. The van der Waals surface area contributed by atoms with Crippen LogP contribution in [-0.2, 0) is 13.7 Å². The number of ether oxygens (including phenoxy) is 1. The Morgan fingerprint density at radius 1 is 1.03 bits per heavy atom. The lowest BCUT2D eigenvalue weighted by Gasteiger charge is -2.16. The van der Waals surface area contributed by atoms with Crippen LogP contribution in [0.2, 0.25) is 0 Å². The molecular formula is C25H25N5O2. The minimum atomic E-state index is -0.273. The molecule has 0 radical (unpaired) electrons. The molecule has 162 valence electrons. The lowest BCUT2D eigenvalue weighted by molar-refractivity contribution is 0.302. The molecular weight excluding hydrogens is 402 g/mol. The third-order valence-electron chi connectivity index (χ3n) is 5.98. The van der Waals surface area contributed by atoms with E-state index in [1.54, 1.807) is 7.05 Å². The molecule has 0 bridgehead atoms.